The van der Waals surface area contributed by atoms with Gasteiger partial charge in [-0.15, -0.1) is 11.3 Å². The molecule has 0 aliphatic heterocycles. The fourth-order valence-corrected chi connectivity index (χ4v) is 5.31. The van der Waals surface area contributed by atoms with Crippen molar-refractivity contribution in [1.29, 1.82) is 0 Å². The Kier molecular flexibility index (Phi) is 6.43. The van der Waals surface area contributed by atoms with E-state index in [1.54, 1.807) is 31.1 Å². The number of thiophene rings is 1. The highest BCUT2D eigenvalue weighted by atomic mass is 32.2. The first-order chi connectivity index (χ1) is 15.4. The molecular formula is C24H22FN3O2S2. The van der Waals surface area contributed by atoms with Crippen molar-refractivity contribution in [3.05, 3.63) is 81.7 Å². The molecule has 4 aromatic rings. The molecule has 0 N–H and O–H groups in total. The summed E-state index contributed by atoms with van der Waals surface area (Å²) in [7, 11) is 3.40. The summed E-state index contributed by atoms with van der Waals surface area (Å²) < 4.78 is 14.7. The van der Waals surface area contributed by atoms with Gasteiger partial charge in [-0.05, 0) is 30.2 Å². The molecule has 2 heterocycles. The molecule has 0 aliphatic carbocycles. The van der Waals surface area contributed by atoms with Gasteiger partial charge in [-0.2, -0.15) is 0 Å². The maximum absolute atomic E-state index is 13.2. The summed E-state index contributed by atoms with van der Waals surface area (Å²) in [6.07, 6.45) is 0. The Morgan fingerprint density at radius 1 is 1.19 bits per heavy atom. The first-order valence-electron chi connectivity index (χ1n) is 10.0. The number of aromatic nitrogens is 2. The molecule has 5 nitrogen and oxygen atoms in total. The minimum absolute atomic E-state index is 0.0997. The van der Waals surface area contributed by atoms with Gasteiger partial charge in [-0.1, -0.05) is 54.2 Å². The minimum atomic E-state index is -0.308. The van der Waals surface area contributed by atoms with E-state index in [0.29, 0.717) is 15.4 Å². The topological polar surface area (TPSA) is 55.2 Å². The third-order valence-electron chi connectivity index (χ3n) is 5.51. The molecular weight excluding hydrogens is 445 g/mol. The van der Waals surface area contributed by atoms with E-state index in [9.17, 15) is 14.0 Å². The summed E-state index contributed by atoms with van der Waals surface area (Å²) in [6.45, 7) is 1.90. The second-order valence-electron chi connectivity index (χ2n) is 7.47. The molecule has 0 fully saturated rings. The van der Waals surface area contributed by atoms with Gasteiger partial charge in [0.25, 0.3) is 5.56 Å². The molecule has 0 bridgehead atoms. The van der Waals surface area contributed by atoms with Crippen LogP contribution in [-0.2, 0) is 11.8 Å². The second kappa shape index (κ2) is 9.26. The highest BCUT2D eigenvalue weighted by Crippen LogP contribution is 2.32. The Hall–Kier alpha value is -2.97. The van der Waals surface area contributed by atoms with Crippen molar-refractivity contribution in [3.63, 3.8) is 0 Å². The molecule has 2 aromatic carbocycles. The number of rotatable bonds is 6. The van der Waals surface area contributed by atoms with Crippen molar-refractivity contribution in [1.82, 2.24) is 14.5 Å². The molecule has 32 heavy (non-hydrogen) atoms. The minimum Gasteiger partial charge on any atom is -0.338 e. The Labute approximate surface area is 193 Å². The van der Waals surface area contributed by atoms with Gasteiger partial charge < -0.3 is 4.90 Å². The Morgan fingerprint density at radius 3 is 2.56 bits per heavy atom. The smallest absolute Gasteiger partial charge is 0.263 e. The van der Waals surface area contributed by atoms with Gasteiger partial charge in [0.05, 0.1) is 17.2 Å². The lowest BCUT2D eigenvalue weighted by Crippen LogP contribution is -2.31. The van der Waals surface area contributed by atoms with Crippen LogP contribution in [-0.4, -0.2) is 33.2 Å². The summed E-state index contributed by atoms with van der Waals surface area (Å²) in [5, 5.41) is 3.05. The van der Waals surface area contributed by atoms with Crippen LogP contribution in [0.2, 0.25) is 0 Å². The van der Waals surface area contributed by atoms with Gasteiger partial charge in [-0.3, -0.25) is 14.2 Å². The average molecular weight is 468 g/mol. The average Bonchev–Trinajstić information content (AvgIpc) is 3.24. The number of benzene rings is 2. The summed E-state index contributed by atoms with van der Waals surface area (Å²) in [5.74, 6) is -0.265. The van der Waals surface area contributed by atoms with Crippen LogP contribution in [0.4, 0.5) is 4.39 Å². The third kappa shape index (κ3) is 4.33. The number of nitrogens with zero attached hydrogens (tertiary/aromatic N) is 3. The molecule has 0 radical (unpaired) electrons. The van der Waals surface area contributed by atoms with Crippen molar-refractivity contribution in [2.24, 2.45) is 7.05 Å². The van der Waals surface area contributed by atoms with E-state index in [-0.39, 0.29) is 29.1 Å². The molecule has 4 rings (SSSR count). The number of fused-ring (bicyclic) bond motifs is 1. The van der Waals surface area contributed by atoms with Gasteiger partial charge in [0.2, 0.25) is 5.91 Å². The van der Waals surface area contributed by atoms with Gasteiger partial charge in [0.15, 0.2) is 5.16 Å². The number of carbonyl (C=O) groups excluding carboxylic acids is 1. The lowest BCUT2D eigenvalue weighted by atomic mass is 10.1. The number of amides is 1. The molecule has 2 aromatic heterocycles. The quantitative estimate of drug-likeness (QED) is 0.292. The predicted octanol–water partition coefficient (Wildman–Crippen LogP) is 5.11. The van der Waals surface area contributed by atoms with Crippen molar-refractivity contribution in [2.45, 2.75) is 18.1 Å². The van der Waals surface area contributed by atoms with E-state index in [0.717, 1.165) is 16.7 Å². The van der Waals surface area contributed by atoms with Gasteiger partial charge >= 0.3 is 0 Å². The van der Waals surface area contributed by atoms with Crippen LogP contribution in [0.3, 0.4) is 0 Å². The molecule has 1 amide bonds. The van der Waals surface area contributed by atoms with Crippen LogP contribution < -0.4 is 5.56 Å². The molecule has 0 spiro atoms. The zero-order valence-corrected chi connectivity index (χ0v) is 19.5. The zero-order chi connectivity index (χ0) is 22.8. The van der Waals surface area contributed by atoms with Gasteiger partial charge in [-0.25, -0.2) is 9.37 Å². The number of thioether (sulfide) groups is 1. The molecule has 0 saturated heterocycles. The van der Waals surface area contributed by atoms with Gasteiger partial charge in [0, 0.05) is 25.0 Å². The highest BCUT2D eigenvalue weighted by Gasteiger charge is 2.20. The largest absolute Gasteiger partial charge is 0.338 e. The summed E-state index contributed by atoms with van der Waals surface area (Å²) in [5.41, 5.74) is 2.58. The summed E-state index contributed by atoms with van der Waals surface area (Å²) in [6, 6.07) is 15.7. The molecule has 8 heteroatoms. The van der Waals surface area contributed by atoms with Crippen molar-refractivity contribution < 1.29 is 9.18 Å². The maximum atomic E-state index is 13.2. The second-order valence-corrected chi connectivity index (χ2v) is 9.28. The lowest BCUT2D eigenvalue weighted by molar-refractivity contribution is -0.128. The van der Waals surface area contributed by atoms with E-state index in [1.807, 2.05) is 42.6 Å². The highest BCUT2D eigenvalue weighted by molar-refractivity contribution is 7.99. The predicted molar refractivity (Wildman–Crippen MR) is 129 cm³/mol. The van der Waals surface area contributed by atoms with Crippen LogP contribution in [0, 0.1) is 5.82 Å². The fraction of sp³-hybridized carbons (Fsp3) is 0.208. The third-order valence-corrected chi connectivity index (χ3v) is 7.40. The SMILES string of the molecule is CC(c1ccc(F)cc1)N(C)C(=O)CSc1nc2scc(-c3ccccc3)c2c(=O)n1C. The monoisotopic (exact) mass is 467 g/mol. The van der Waals surface area contributed by atoms with E-state index in [1.165, 1.54) is 39.8 Å². The van der Waals surface area contributed by atoms with Crippen molar-refractivity contribution in [2.75, 3.05) is 12.8 Å². The van der Waals surface area contributed by atoms with Crippen molar-refractivity contribution in [3.8, 4) is 11.1 Å². The van der Waals surface area contributed by atoms with E-state index in [4.69, 9.17) is 0 Å². The van der Waals surface area contributed by atoms with Crippen LogP contribution >= 0.6 is 23.1 Å². The first kappa shape index (κ1) is 22.2. The van der Waals surface area contributed by atoms with E-state index < -0.39 is 0 Å². The molecule has 1 unspecified atom stereocenters. The maximum Gasteiger partial charge on any atom is 0.263 e. The van der Waals surface area contributed by atoms with E-state index >= 15 is 0 Å². The molecule has 0 aliphatic rings. The first-order valence-corrected chi connectivity index (χ1v) is 11.9. The van der Waals surface area contributed by atoms with Crippen LogP contribution in [0.15, 0.2) is 69.9 Å². The number of hydrogen-bond donors (Lipinski definition) is 0. The fourth-order valence-electron chi connectivity index (χ4n) is 3.42. The van der Waals surface area contributed by atoms with Crippen molar-refractivity contribution >= 4 is 39.2 Å². The number of carbonyl (C=O) groups is 1. The molecule has 164 valence electrons. The van der Waals surface area contributed by atoms with Gasteiger partial charge in [0.1, 0.15) is 10.6 Å². The Bertz CT molecular complexity index is 1320. The summed E-state index contributed by atoms with van der Waals surface area (Å²) in [4.78, 5) is 32.8. The van der Waals surface area contributed by atoms with Crippen LogP contribution in [0.5, 0.6) is 0 Å². The normalized spacial score (nSPS) is 12.1. The number of halogens is 1. The molecule has 1 atom stereocenters. The zero-order valence-electron chi connectivity index (χ0n) is 17.9. The standard InChI is InChI=1S/C24H22FN3O2S2/c1-15(16-9-11-18(25)12-10-16)27(2)20(29)14-32-24-26-22-21(23(30)28(24)3)19(13-31-22)17-7-5-4-6-8-17/h4-13,15H,14H2,1-3H3. The van der Waals surface area contributed by atoms with E-state index in [2.05, 4.69) is 4.98 Å². The lowest BCUT2D eigenvalue weighted by Gasteiger charge is -2.25. The number of hydrogen-bond acceptors (Lipinski definition) is 5. The molecule has 0 saturated carbocycles. The Morgan fingerprint density at radius 2 is 1.88 bits per heavy atom. The summed E-state index contributed by atoms with van der Waals surface area (Å²) >= 11 is 2.67. The Balaban J connectivity index is 1.53. The van der Waals surface area contributed by atoms with Crippen LogP contribution in [0.25, 0.3) is 21.3 Å². The van der Waals surface area contributed by atoms with Crippen LogP contribution in [0.1, 0.15) is 18.5 Å².